The van der Waals surface area contributed by atoms with Crippen molar-refractivity contribution in [1.29, 1.82) is 0 Å². The summed E-state index contributed by atoms with van der Waals surface area (Å²) in [5.41, 5.74) is 4.90. The van der Waals surface area contributed by atoms with Crippen LogP contribution in [0.25, 0.3) is 11.0 Å². The lowest BCUT2D eigenvalue weighted by Gasteiger charge is -2.57. The van der Waals surface area contributed by atoms with Crippen LogP contribution < -0.4 is 0 Å². The molecule has 3 heteroatoms. The van der Waals surface area contributed by atoms with Gasteiger partial charge in [0.25, 0.3) is 0 Å². The van der Waals surface area contributed by atoms with Crippen molar-refractivity contribution in [2.24, 2.45) is 17.8 Å². The van der Waals surface area contributed by atoms with Crippen molar-refractivity contribution in [2.75, 3.05) is 7.11 Å². The average molecular weight is 311 g/mol. The van der Waals surface area contributed by atoms with E-state index < -0.39 is 0 Å². The van der Waals surface area contributed by atoms with Crippen LogP contribution in [0.2, 0.25) is 0 Å². The van der Waals surface area contributed by atoms with E-state index in [1.807, 2.05) is 0 Å². The molecule has 2 aromatic heterocycles. The van der Waals surface area contributed by atoms with E-state index in [1.165, 1.54) is 55.2 Å². The zero-order valence-electron chi connectivity index (χ0n) is 14.1. The molecule has 0 radical (unpaired) electrons. The van der Waals surface area contributed by atoms with E-state index in [4.69, 9.17) is 14.1 Å². The molecule has 0 spiro atoms. The van der Waals surface area contributed by atoms with Gasteiger partial charge in [0.05, 0.1) is 24.3 Å². The van der Waals surface area contributed by atoms with Crippen molar-refractivity contribution >= 4 is 11.0 Å². The Balaban J connectivity index is 1.71. The second kappa shape index (κ2) is 4.83. The third-order valence-corrected chi connectivity index (χ3v) is 6.71. The van der Waals surface area contributed by atoms with E-state index in [0.717, 1.165) is 29.0 Å². The van der Waals surface area contributed by atoms with Crippen molar-refractivity contribution in [3.8, 4) is 0 Å². The van der Waals surface area contributed by atoms with Gasteiger partial charge in [-0.05, 0) is 69.3 Å². The average Bonchev–Trinajstić information content (AvgIpc) is 2.99. The molecule has 0 unspecified atom stereocenters. The molecule has 4 fully saturated rings. The molecule has 0 atom stereocenters. The third kappa shape index (κ3) is 1.95. The zero-order valence-corrected chi connectivity index (χ0v) is 14.1. The highest BCUT2D eigenvalue weighted by molar-refractivity contribution is 5.83. The standard InChI is InChI=1S/C20H25NO2/c1-12-18-16(3-4-23-18)17(11-22-2)19(21-12)20-8-13-5-14(9-20)7-15(6-13)10-20/h3-4,13-15H,5-11H2,1-2H3. The predicted molar refractivity (Wildman–Crippen MR) is 89.3 cm³/mol. The number of furan rings is 1. The minimum atomic E-state index is 0.304. The fourth-order valence-electron chi connectivity index (χ4n) is 6.37. The van der Waals surface area contributed by atoms with Crippen LogP contribution in [0.15, 0.2) is 16.7 Å². The van der Waals surface area contributed by atoms with Crippen LogP contribution in [-0.2, 0) is 16.8 Å². The van der Waals surface area contributed by atoms with Crippen molar-refractivity contribution in [3.05, 3.63) is 29.3 Å². The number of aryl methyl sites for hydroxylation is 1. The van der Waals surface area contributed by atoms with Crippen molar-refractivity contribution in [1.82, 2.24) is 4.98 Å². The fraction of sp³-hybridized carbons (Fsp3) is 0.650. The predicted octanol–water partition coefficient (Wildman–Crippen LogP) is 4.75. The maximum atomic E-state index is 5.69. The summed E-state index contributed by atoms with van der Waals surface area (Å²) >= 11 is 0. The monoisotopic (exact) mass is 311 g/mol. The molecule has 0 saturated heterocycles. The van der Waals surface area contributed by atoms with Crippen LogP contribution in [0.1, 0.15) is 55.5 Å². The Bertz CT molecular complexity index is 725. The normalized spacial score (nSPS) is 35.3. The SMILES string of the molecule is COCc1c(C23CC4CC(CC(C4)C2)C3)nc(C)c2occc12. The number of aromatic nitrogens is 1. The Kier molecular flexibility index (Phi) is 2.94. The van der Waals surface area contributed by atoms with E-state index in [-0.39, 0.29) is 0 Å². The number of pyridine rings is 1. The van der Waals surface area contributed by atoms with Gasteiger partial charge in [-0.2, -0.15) is 0 Å². The first-order chi connectivity index (χ1) is 11.2. The number of methoxy groups -OCH3 is 1. The Morgan fingerprint density at radius 1 is 1.17 bits per heavy atom. The number of nitrogens with zero attached hydrogens (tertiary/aromatic N) is 1. The van der Waals surface area contributed by atoms with Crippen molar-refractivity contribution < 1.29 is 9.15 Å². The van der Waals surface area contributed by atoms with Crippen molar-refractivity contribution in [3.63, 3.8) is 0 Å². The summed E-state index contributed by atoms with van der Waals surface area (Å²) < 4.78 is 11.3. The maximum absolute atomic E-state index is 5.69. The Morgan fingerprint density at radius 3 is 2.43 bits per heavy atom. The van der Waals surface area contributed by atoms with Gasteiger partial charge in [-0.15, -0.1) is 0 Å². The second-order valence-electron chi connectivity index (χ2n) is 8.32. The highest BCUT2D eigenvalue weighted by atomic mass is 16.5. The molecule has 4 aliphatic carbocycles. The zero-order chi connectivity index (χ0) is 15.6. The minimum absolute atomic E-state index is 0.304. The summed E-state index contributed by atoms with van der Waals surface area (Å²) in [4.78, 5) is 5.11. The number of rotatable bonds is 3. The Hall–Kier alpha value is -1.35. The van der Waals surface area contributed by atoms with Crippen LogP contribution in [0, 0.1) is 24.7 Å². The van der Waals surface area contributed by atoms with Gasteiger partial charge >= 0.3 is 0 Å². The summed E-state index contributed by atoms with van der Waals surface area (Å²) in [6, 6.07) is 2.10. The first-order valence-electron chi connectivity index (χ1n) is 9.04. The first kappa shape index (κ1) is 14.0. The van der Waals surface area contributed by atoms with E-state index in [9.17, 15) is 0 Å². The molecule has 6 rings (SSSR count). The molecule has 4 bridgehead atoms. The summed E-state index contributed by atoms with van der Waals surface area (Å²) in [5.74, 6) is 2.79. The lowest BCUT2D eigenvalue weighted by Crippen LogP contribution is -2.49. The van der Waals surface area contributed by atoms with E-state index >= 15 is 0 Å². The minimum Gasteiger partial charge on any atom is -0.462 e. The van der Waals surface area contributed by atoms with Crippen LogP contribution >= 0.6 is 0 Å². The molecule has 2 heterocycles. The van der Waals surface area contributed by atoms with Gasteiger partial charge in [0.2, 0.25) is 0 Å². The molecular formula is C20H25NO2. The lowest BCUT2D eigenvalue weighted by atomic mass is 9.48. The summed E-state index contributed by atoms with van der Waals surface area (Å²) in [5, 5.41) is 1.21. The van der Waals surface area contributed by atoms with Gasteiger partial charge in [0, 0.05) is 23.5 Å². The summed E-state index contributed by atoms with van der Waals surface area (Å²) in [6.45, 7) is 2.73. The Morgan fingerprint density at radius 2 is 1.83 bits per heavy atom. The van der Waals surface area contributed by atoms with Crippen LogP contribution in [0.5, 0.6) is 0 Å². The van der Waals surface area contributed by atoms with Gasteiger partial charge in [-0.25, -0.2) is 0 Å². The van der Waals surface area contributed by atoms with E-state index in [2.05, 4.69) is 13.0 Å². The van der Waals surface area contributed by atoms with E-state index in [0.29, 0.717) is 12.0 Å². The largest absolute Gasteiger partial charge is 0.462 e. The Labute approximate surface area is 137 Å². The summed E-state index contributed by atoms with van der Waals surface area (Å²) in [6.07, 6.45) is 10.2. The molecule has 122 valence electrons. The highest BCUT2D eigenvalue weighted by Gasteiger charge is 2.53. The molecule has 0 aromatic carbocycles. The summed E-state index contributed by atoms with van der Waals surface area (Å²) in [7, 11) is 1.79. The molecule has 0 amide bonds. The fourth-order valence-corrected chi connectivity index (χ4v) is 6.37. The topological polar surface area (TPSA) is 35.3 Å². The number of ether oxygens (including phenoxy) is 1. The molecule has 0 N–H and O–H groups in total. The second-order valence-corrected chi connectivity index (χ2v) is 8.32. The lowest BCUT2D eigenvalue weighted by molar-refractivity contribution is -0.00826. The molecule has 0 aliphatic heterocycles. The van der Waals surface area contributed by atoms with E-state index in [1.54, 1.807) is 13.4 Å². The smallest absolute Gasteiger partial charge is 0.155 e. The molecule has 4 saturated carbocycles. The van der Waals surface area contributed by atoms with Gasteiger partial charge in [-0.1, -0.05) is 0 Å². The first-order valence-corrected chi connectivity index (χ1v) is 9.04. The molecular weight excluding hydrogens is 286 g/mol. The number of hydrogen-bond acceptors (Lipinski definition) is 3. The number of hydrogen-bond donors (Lipinski definition) is 0. The highest BCUT2D eigenvalue weighted by Crippen LogP contribution is 2.61. The molecule has 23 heavy (non-hydrogen) atoms. The molecule has 4 aliphatic rings. The van der Waals surface area contributed by atoms with Crippen LogP contribution in [0.3, 0.4) is 0 Å². The third-order valence-electron chi connectivity index (χ3n) is 6.71. The van der Waals surface area contributed by atoms with Crippen molar-refractivity contribution in [2.45, 2.75) is 57.5 Å². The van der Waals surface area contributed by atoms with Gasteiger partial charge < -0.3 is 9.15 Å². The van der Waals surface area contributed by atoms with Gasteiger partial charge in [0.15, 0.2) is 5.58 Å². The van der Waals surface area contributed by atoms with Gasteiger partial charge in [-0.3, -0.25) is 4.98 Å². The van der Waals surface area contributed by atoms with Crippen LogP contribution in [-0.4, -0.2) is 12.1 Å². The molecule has 2 aromatic rings. The van der Waals surface area contributed by atoms with Crippen LogP contribution in [0.4, 0.5) is 0 Å². The quantitative estimate of drug-likeness (QED) is 0.820. The number of fused-ring (bicyclic) bond motifs is 1. The maximum Gasteiger partial charge on any atom is 0.155 e. The van der Waals surface area contributed by atoms with Gasteiger partial charge in [0.1, 0.15) is 0 Å². The molecule has 3 nitrogen and oxygen atoms in total.